The van der Waals surface area contributed by atoms with E-state index in [4.69, 9.17) is 9.47 Å². The number of ether oxygens (including phenoxy) is 2. The highest BCUT2D eigenvalue weighted by atomic mass is 32.2. The minimum Gasteiger partial charge on any atom is -0.462 e. The zero-order chi connectivity index (χ0) is 21.9. The van der Waals surface area contributed by atoms with Gasteiger partial charge < -0.3 is 14.4 Å². The lowest BCUT2D eigenvalue weighted by atomic mass is 10.2. The molecule has 2 heterocycles. The average Bonchev–Trinajstić information content (AvgIpc) is 3.23. The standard InChI is InChI=1S/C21H27N3O4S2/c1-6-10-16-17(19(25)27-7-2)29-21(23(16)5)24(15-12-9-11-14(4)13-15)22-18(30-21)20(26)28-8-3/h9,11-13H,6-8,10H2,1-5H3. The van der Waals surface area contributed by atoms with E-state index in [0.29, 0.717) is 11.5 Å². The zero-order valence-corrected chi connectivity index (χ0v) is 19.6. The van der Waals surface area contributed by atoms with Gasteiger partial charge in [0.2, 0.25) is 9.37 Å². The fraction of sp³-hybridized carbons (Fsp3) is 0.476. The van der Waals surface area contributed by atoms with E-state index in [-0.39, 0.29) is 17.6 Å². The molecule has 0 bridgehead atoms. The molecule has 0 fully saturated rings. The highest BCUT2D eigenvalue weighted by Gasteiger charge is 2.57. The van der Waals surface area contributed by atoms with Crippen molar-refractivity contribution in [2.75, 3.05) is 25.3 Å². The first-order valence-corrected chi connectivity index (χ1v) is 11.7. The number of anilines is 1. The number of carbonyl (C=O) groups is 2. The van der Waals surface area contributed by atoms with Crippen LogP contribution in [0.15, 0.2) is 40.0 Å². The van der Waals surface area contributed by atoms with Crippen molar-refractivity contribution < 1.29 is 19.1 Å². The molecule has 2 aliphatic heterocycles. The summed E-state index contributed by atoms with van der Waals surface area (Å²) in [6.45, 7) is 8.21. The number of hydrogen-bond donors (Lipinski definition) is 0. The molecule has 0 N–H and O–H groups in total. The van der Waals surface area contributed by atoms with Crippen LogP contribution < -0.4 is 5.01 Å². The summed E-state index contributed by atoms with van der Waals surface area (Å²) in [6.07, 6.45) is 1.59. The molecule has 0 saturated heterocycles. The van der Waals surface area contributed by atoms with Crippen LogP contribution in [-0.2, 0) is 19.1 Å². The Labute approximate surface area is 185 Å². The molecule has 7 nitrogen and oxygen atoms in total. The summed E-state index contributed by atoms with van der Waals surface area (Å²) in [4.78, 5) is 27.9. The van der Waals surface area contributed by atoms with Crippen molar-refractivity contribution in [2.24, 2.45) is 5.10 Å². The smallest absolute Gasteiger partial charge is 0.365 e. The van der Waals surface area contributed by atoms with Gasteiger partial charge in [-0.1, -0.05) is 37.2 Å². The van der Waals surface area contributed by atoms with Crippen molar-refractivity contribution in [2.45, 2.75) is 44.9 Å². The van der Waals surface area contributed by atoms with Gasteiger partial charge in [0, 0.05) is 12.7 Å². The number of allylic oxidation sites excluding steroid dienone is 1. The zero-order valence-electron chi connectivity index (χ0n) is 17.9. The molecule has 1 atom stereocenters. The van der Waals surface area contributed by atoms with Crippen LogP contribution in [0, 0.1) is 6.92 Å². The molecule has 30 heavy (non-hydrogen) atoms. The Morgan fingerprint density at radius 2 is 1.80 bits per heavy atom. The van der Waals surface area contributed by atoms with Crippen molar-refractivity contribution >= 4 is 46.2 Å². The molecule has 1 spiro atoms. The van der Waals surface area contributed by atoms with E-state index in [1.54, 1.807) is 13.8 Å². The maximum Gasteiger partial charge on any atom is 0.365 e. The first-order chi connectivity index (χ1) is 14.4. The number of hydrazone groups is 1. The van der Waals surface area contributed by atoms with Gasteiger partial charge in [-0.3, -0.25) is 0 Å². The molecular formula is C21H27N3O4S2. The second-order valence-corrected chi connectivity index (χ2v) is 9.43. The fourth-order valence-electron chi connectivity index (χ4n) is 3.33. The number of aryl methyl sites for hydroxylation is 1. The number of thioether (sulfide) groups is 2. The number of hydrogen-bond acceptors (Lipinski definition) is 9. The summed E-state index contributed by atoms with van der Waals surface area (Å²) < 4.78 is 9.69. The van der Waals surface area contributed by atoms with E-state index < -0.39 is 10.3 Å². The van der Waals surface area contributed by atoms with Crippen LogP contribution in [0.3, 0.4) is 0 Å². The highest BCUT2D eigenvalue weighted by Crippen LogP contribution is 2.59. The lowest BCUT2D eigenvalue weighted by Crippen LogP contribution is -2.47. The van der Waals surface area contributed by atoms with Gasteiger partial charge in [-0.25, -0.2) is 14.6 Å². The summed E-state index contributed by atoms with van der Waals surface area (Å²) >= 11 is 2.67. The highest BCUT2D eigenvalue weighted by molar-refractivity contribution is 8.28. The molecule has 1 unspecified atom stereocenters. The van der Waals surface area contributed by atoms with Gasteiger partial charge in [-0.15, -0.1) is 0 Å². The largest absolute Gasteiger partial charge is 0.462 e. The van der Waals surface area contributed by atoms with Crippen LogP contribution >= 0.6 is 23.5 Å². The Kier molecular flexibility index (Phi) is 7.02. The monoisotopic (exact) mass is 449 g/mol. The number of esters is 2. The number of benzene rings is 1. The number of rotatable bonds is 7. The van der Waals surface area contributed by atoms with Gasteiger partial charge in [-0.2, -0.15) is 5.10 Å². The molecule has 1 aromatic carbocycles. The SMILES string of the molecule is CCCC1=C(C(=O)OCC)SC2(SC(C(=O)OCC)=NN2c2cccc(C)c2)N1C. The Bertz CT molecular complexity index is 902. The molecule has 2 aliphatic rings. The quantitative estimate of drug-likeness (QED) is 0.571. The van der Waals surface area contributed by atoms with Gasteiger partial charge in [-0.05, 0) is 56.7 Å². The molecule has 0 radical (unpaired) electrons. The van der Waals surface area contributed by atoms with Crippen molar-refractivity contribution in [3.63, 3.8) is 0 Å². The van der Waals surface area contributed by atoms with Crippen molar-refractivity contribution in [3.05, 3.63) is 40.4 Å². The van der Waals surface area contributed by atoms with Crippen molar-refractivity contribution in [1.82, 2.24) is 4.90 Å². The van der Waals surface area contributed by atoms with E-state index in [9.17, 15) is 9.59 Å². The Hall–Kier alpha value is -2.13. The van der Waals surface area contributed by atoms with Gasteiger partial charge in [0.1, 0.15) is 4.91 Å². The summed E-state index contributed by atoms with van der Waals surface area (Å²) in [5.41, 5.74) is 2.80. The molecule has 3 rings (SSSR count). The molecule has 0 aromatic heterocycles. The lowest BCUT2D eigenvalue weighted by Gasteiger charge is -2.39. The maximum atomic E-state index is 12.7. The van der Waals surface area contributed by atoms with Gasteiger partial charge in [0.25, 0.3) is 0 Å². The van der Waals surface area contributed by atoms with Gasteiger partial charge in [0.15, 0.2) is 0 Å². The molecule has 162 valence electrons. The molecule has 0 saturated carbocycles. The van der Waals surface area contributed by atoms with E-state index in [2.05, 4.69) is 12.0 Å². The predicted octanol–water partition coefficient (Wildman–Crippen LogP) is 4.29. The summed E-state index contributed by atoms with van der Waals surface area (Å²) in [7, 11) is 1.93. The molecule has 0 amide bonds. The van der Waals surface area contributed by atoms with Crippen LogP contribution in [0.5, 0.6) is 0 Å². The number of carbonyl (C=O) groups excluding carboxylic acids is 2. The Morgan fingerprint density at radius 1 is 1.10 bits per heavy atom. The van der Waals surface area contributed by atoms with Crippen molar-refractivity contribution in [1.29, 1.82) is 0 Å². The summed E-state index contributed by atoms with van der Waals surface area (Å²) in [5, 5.41) is 6.71. The molecule has 0 aliphatic carbocycles. The van der Waals surface area contributed by atoms with Crippen molar-refractivity contribution in [3.8, 4) is 0 Å². The van der Waals surface area contributed by atoms with Crippen LogP contribution in [0.4, 0.5) is 5.69 Å². The Balaban J connectivity index is 2.07. The minimum absolute atomic E-state index is 0.263. The number of nitrogens with zero attached hydrogens (tertiary/aromatic N) is 3. The van der Waals surface area contributed by atoms with E-state index in [1.807, 2.05) is 48.1 Å². The lowest BCUT2D eigenvalue weighted by molar-refractivity contribution is -0.137. The summed E-state index contributed by atoms with van der Waals surface area (Å²) in [5.74, 6) is -0.809. The molecular weight excluding hydrogens is 422 g/mol. The third-order valence-electron chi connectivity index (χ3n) is 4.66. The topological polar surface area (TPSA) is 71.4 Å². The average molecular weight is 450 g/mol. The van der Waals surface area contributed by atoms with E-state index in [0.717, 1.165) is 29.8 Å². The second kappa shape index (κ2) is 9.34. The minimum atomic E-state index is -0.845. The predicted molar refractivity (Wildman–Crippen MR) is 122 cm³/mol. The van der Waals surface area contributed by atoms with Crippen LogP contribution in [0.25, 0.3) is 0 Å². The van der Waals surface area contributed by atoms with E-state index >= 15 is 0 Å². The first kappa shape index (κ1) is 22.6. The normalized spacial score (nSPS) is 20.8. The van der Waals surface area contributed by atoms with Crippen LogP contribution in [-0.4, -0.2) is 46.5 Å². The van der Waals surface area contributed by atoms with Crippen LogP contribution in [0.1, 0.15) is 39.2 Å². The maximum absolute atomic E-state index is 12.7. The van der Waals surface area contributed by atoms with Crippen LogP contribution in [0.2, 0.25) is 0 Å². The fourth-order valence-corrected chi connectivity index (χ4v) is 6.23. The third-order valence-corrected chi connectivity index (χ3v) is 7.63. The Morgan fingerprint density at radius 3 is 2.43 bits per heavy atom. The first-order valence-electron chi connectivity index (χ1n) is 10.0. The van der Waals surface area contributed by atoms with E-state index in [1.165, 1.54) is 23.5 Å². The van der Waals surface area contributed by atoms with Gasteiger partial charge in [0.05, 0.1) is 18.9 Å². The van der Waals surface area contributed by atoms with Gasteiger partial charge >= 0.3 is 11.9 Å². The molecule has 1 aromatic rings. The summed E-state index contributed by atoms with van der Waals surface area (Å²) in [6, 6.07) is 7.91. The molecule has 9 heteroatoms. The third kappa shape index (κ3) is 4.05. The second-order valence-electron chi connectivity index (χ2n) is 6.83.